The normalized spacial score (nSPS) is 14.4. The Morgan fingerprint density at radius 2 is 2.38 bits per heavy atom. The van der Waals surface area contributed by atoms with Gasteiger partial charge in [0.1, 0.15) is 5.76 Å². The molecule has 16 heavy (non-hydrogen) atoms. The molecular formula is C11H17NO3S. The molecule has 2 atom stereocenters. The van der Waals surface area contributed by atoms with E-state index in [0.29, 0.717) is 12.3 Å². The largest absolute Gasteiger partial charge is 0.467 e. The third kappa shape index (κ3) is 4.72. The molecule has 2 N–H and O–H groups in total. The lowest BCUT2D eigenvalue weighted by Gasteiger charge is -2.13. The van der Waals surface area contributed by atoms with Crippen LogP contribution in [0, 0.1) is 0 Å². The Hall–Kier alpha value is -0.940. The predicted octanol–water partition coefficient (Wildman–Crippen LogP) is 1.40. The summed E-state index contributed by atoms with van der Waals surface area (Å²) in [6, 6.07) is 3.59. The number of amides is 1. The van der Waals surface area contributed by atoms with Gasteiger partial charge in [-0.25, -0.2) is 0 Å². The predicted molar refractivity (Wildman–Crippen MR) is 64.2 cm³/mol. The lowest BCUT2D eigenvalue weighted by molar-refractivity contribution is -0.118. The van der Waals surface area contributed by atoms with Crippen LogP contribution in [0.4, 0.5) is 0 Å². The van der Waals surface area contributed by atoms with E-state index in [1.165, 1.54) is 11.8 Å². The fourth-order valence-electron chi connectivity index (χ4n) is 0.996. The van der Waals surface area contributed by atoms with E-state index in [4.69, 9.17) is 4.42 Å². The van der Waals surface area contributed by atoms with Crippen LogP contribution in [-0.4, -0.2) is 28.1 Å². The average molecular weight is 243 g/mol. The van der Waals surface area contributed by atoms with Gasteiger partial charge in [-0.05, 0) is 19.1 Å². The Morgan fingerprint density at radius 1 is 1.62 bits per heavy atom. The average Bonchev–Trinajstić information content (AvgIpc) is 2.75. The zero-order valence-corrected chi connectivity index (χ0v) is 10.3. The highest BCUT2D eigenvalue weighted by Gasteiger charge is 2.11. The molecule has 0 saturated heterocycles. The van der Waals surface area contributed by atoms with Crippen molar-refractivity contribution in [3.8, 4) is 0 Å². The summed E-state index contributed by atoms with van der Waals surface area (Å²) in [5.74, 6) is 1.04. The molecule has 4 nitrogen and oxygen atoms in total. The van der Waals surface area contributed by atoms with Gasteiger partial charge in [0, 0.05) is 5.25 Å². The van der Waals surface area contributed by atoms with Crippen LogP contribution >= 0.6 is 11.8 Å². The molecule has 0 saturated carbocycles. The van der Waals surface area contributed by atoms with E-state index in [1.54, 1.807) is 19.3 Å². The van der Waals surface area contributed by atoms with Crippen LogP contribution in [0.15, 0.2) is 22.8 Å². The zero-order chi connectivity index (χ0) is 12.0. The SMILES string of the molecule is CC(O)C(C)SCC(=O)NCc1ccco1. The molecule has 1 aromatic heterocycles. The quantitative estimate of drug-likeness (QED) is 0.792. The van der Waals surface area contributed by atoms with Crippen LogP contribution in [-0.2, 0) is 11.3 Å². The van der Waals surface area contributed by atoms with Crippen molar-refractivity contribution in [1.82, 2.24) is 5.32 Å². The van der Waals surface area contributed by atoms with Crippen LogP contribution in [0.5, 0.6) is 0 Å². The van der Waals surface area contributed by atoms with E-state index in [-0.39, 0.29) is 11.2 Å². The minimum atomic E-state index is -0.400. The first-order valence-corrected chi connectivity index (χ1v) is 6.23. The zero-order valence-electron chi connectivity index (χ0n) is 9.47. The van der Waals surface area contributed by atoms with Crippen molar-refractivity contribution in [3.63, 3.8) is 0 Å². The van der Waals surface area contributed by atoms with Crippen molar-refractivity contribution in [1.29, 1.82) is 0 Å². The van der Waals surface area contributed by atoms with E-state index in [0.717, 1.165) is 5.76 Å². The molecule has 0 radical (unpaired) electrons. The Balaban J connectivity index is 2.16. The van der Waals surface area contributed by atoms with Crippen molar-refractivity contribution in [2.75, 3.05) is 5.75 Å². The number of aliphatic hydroxyl groups is 1. The van der Waals surface area contributed by atoms with Crippen molar-refractivity contribution in [2.45, 2.75) is 31.7 Å². The number of nitrogens with one attached hydrogen (secondary N) is 1. The van der Waals surface area contributed by atoms with Gasteiger partial charge < -0.3 is 14.8 Å². The monoisotopic (exact) mass is 243 g/mol. The van der Waals surface area contributed by atoms with Crippen LogP contribution in [0.2, 0.25) is 0 Å². The molecule has 0 aromatic carbocycles. The summed E-state index contributed by atoms with van der Waals surface area (Å²) in [5, 5.41) is 12.1. The molecule has 1 rings (SSSR count). The summed E-state index contributed by atoms with van der Waals surface area (Å²) in [7, 11) is 0. The molecule has 0 fully saturated rings. The maximum atomic E-state index is 11.4. The van der Waals surface area contributed by atoms with Crippen molar-refractivity contribution in [3.05, 3.63) is 24.2 Å². The van der Waals surface area contributed by atoms with Crippen molar-refractivity contribution < 1.29 is 14.3 Å². The second kappa shape index (κ2) is 6.60. The molecule has 2 unspecified atom stereocenters. The fraction of sp³-hybridized carbons (Fsp3) is 0.545. The smallest absolute Gasteiger partial charge is 0.230 e. The molecule has 0 aliphatic rings. The standard InChI is InChI=1S/C11H17NO3S/c1-8(13)9(2)16-7-11(14)12-6-10-4-3-5-15-10/h3-5,8-9,13H,6-7H2,1-2H3,(H,12,14). The molecule has 1 aromatic rings. The van der Waals surface area contributed by atoms with Gasteiger partial charge in [0.2, 0.25) is 5.91 Å². The number of rotatable bonds is 6. The molecule has 1 amide bonds. The van der Waals surface area contributed by atoms with Gasteiger partial charge in [-0.15, -0.1) is 11.8 Å². The number of carbonyl (C=O) groups is 1. The van der Waals surface area contributed by atoms with Crippen LogP contribution in [0.1, 0.15) is 19.6 Å². The summed E-state index contributed by atoms with van der Waals surface area (Å²) in [4.78, 5) is 11.4. The first kappa shape index (κ1) is 13.1. The van der Waals surface area contributed by atoms with E-state index in [9.17, 15) is 9.90 Å². The highest BCUT2D eigenvalue weighted by molar-refractivity contribution is 8.00. The minimum absolute atomic E-state index is 0.0473. The topological polar surface area (TPSA) is 62.5 Å². The number of hydrogen-bond acceptors (Lipinski definition) is 4. The third-order valence-electron chi connectivity index (χ3n) is 2.20. The lowest BCUT2D eigenvalue weighted by Crippen LogP contribution is -2.26. The Bertz CT molecular complexity index is 311. The molecule has 90 valence electrons. The summed E-state index contributed by atoms with van der Waals surface area (Å²) in [5.41, 5.74) is 0. The second-order valence-corrected chi connectivity index (χ2v) is 4.98. The molecule has 0 spiro atoms. The maximum absolute atomic E-state index is 11.4. The van der Waals surface area contributed by atoms with Gasteiger partial charge in [-0.1, -0.05) is 6.92 Å². The maximum Gasteiger partial charge on any atom is 0.230 e. The van der Waals surface area contributed by atoms with Gasteiger partial charge in [-0.3, -0.25) is 4.79 Å². The summed E-state index contributed by atoms with van der Waals surface area (Å²) in [6.07, 6.45) is 1.18. The van der Waals surface area contributed by atoms with Crippen molar-refractivity contribution >= 4 is 17.7 Å². The van der Waals surface area contributed by atoms with Gasteiger partial charge >= 0.3 is 0 Å². The molecule has 0 aliphatic carbocycles. The van der Waals surface area contributed by atoms with E-state index < -0.39 is 6.10 Å². The molecule has 0 bridgehead atoms. The van der Waals surface area contributed by atoms with Crippen LogP contribution < -0.4 is 5.32 Å². The summed E-state index contributed by atoms with van der Waals surface area (Å²) in [6.45, 7) is 4.03. The lowest BCUT2D eigenvalue weighted by atomic mass is 10.3. The first-order valence-electron chi connectivity index (χ1n) is 5.18. The Kier molecular flexibility index (Phi) is 5.42. The van der Waals surface area contributed by atoms with Gasteiger partial charge in [0.25, 0.3) is 0 Å². The summed E-state index contributed by atoms with van der Waals surface area (Å²) >= 11 is 1.44. The molecule has 0 aliphatic heterocycles. The van der Waals surface area contributed by atoms with Crippen LogP contribution in [0.3, 0.4) is 0 Å². The Labute approximate surface area is 99.4 Å². The summed E-state index contributed by atoms with van der Waals surface area (Å²) < 4.78 is 5.09. The number of hydrogen-bond donors (Lipinski definition) is 2. The van der Waals surface area contributed by atoms with E-state index in [1.807, 2.05) is 13.0 Å². The third-order valence-corrected chi connectivity index (χ3v) is 3.55. The molecule has 5 heteroatoms. The van der Waals surface area contributed by atoms with Crippen molar-refractivity contribution in [2.24, 2.45) is 0 Å². The van der Waals surface area contributed by atoms with E-state index >= 15 is 0 Å². The fourth-order valence-corrected chi connectivity index (χ4v) is 1.79. The number of thioether (sulfide) groups is 1. The molecular weight excluding hydrogens is 226 g/mol. The van der Waals surface area contributed by atoms with Gasteiger partial charge in [-0.2, -0.15) is 0 Å². The Morgan fingerprint density at radius 3 is 2.94 bits per heavy atom. The molecule has 1 heterocycles. The minimum Gasteiger partial charge on any atom is -0.467 e. The first-order chi connectivity index (χ1) is 7.59. The highest BCUT2D eigenvalue weighted by Crippen LogP contribution is 2.13. The van der Waals surface area contributed by atoms with E-state index in [2.05, 4.69) is 5.32 Å². The second-order valence-electron chi connectivity index (χ2n) is 3.61. The van der Waals surface area contributed by atoms with Gasteiger partial charge in [0.05, 0.1) is 24.7 Å². The highest BCUT2D eigenvalue weighted by atomic mass is 32.2. The number of furan rings is 1. The van der Waals surface area contributed by atoms with Crippen LogP contribution in [0.25, 0.3) is 0 Å². The number of carbonyl (C=O) groups excluding carboxylic acids is 1. The van der Waals surface area contributed by atoms with Gasteiger partial charge in [0.15, 0.2) is 0 Å². The number of aliphatic hydroxyl groups excluding tert-OH is 1.